The third-order valence-corrected chi connectivity index (χ3v) is 2.73. The number of nitrogen functional groups attached to an aromatic ring is 1. The summed E-state index contributed by atoms with van der Waals surface area (Å²) >= 11 is 0. The lowest BCUT2D eigenvalue weighted by molar-refractivity contribution is 0.415. The van der Waals surface area contributed by atoms with E-state index in [4.69, 9.17) is 10.5 Å². The maximum Gasteiger partial charge on any atom is 0.119 e. The molecule has 0 aliphatic carbocycles. The summed E-state index contributed by atoms with van der Waals surface area (Å²) in [5.74, 6) is 0.878. The van der Waals surface area contributed by atoms with Gasteiger partial charge in [0.25, 0.3) is 0 Å². The first-order chi connectivity index (χ1) is 7.26. The van der Waals surface area contributed by atoms with Crippen molar-refractivity contribution < 1.29 is 4.74 Å². The van der Waals surface area contributed by atoms with Gasteiger partial charge in [0.05, 0.1) is 7.11 Å². The Labute approximate surface area is 89.7 Å². The SMILES string of the molecule is CCc1c(N)ccc2ccc(OC)cc12. The van der Waals surface area contributed by atoms with Crippen molar-refractivity contribution in [2.45, 2.75) is 13.3 Å². The molecular weight excluding hydrogens is 186 g/mol. The van der Waals surface area contributed by atoms with Gasteiger partial charge in [0, 0.05) is 5.69 Å². The van der Waals surface area contributed by atoms with Crippen LogP contribution in [-0.4, -0.2) is 7.11 Å². The Morgan fingerprint density at radius 2 is 1.93 bits per heavy atom. The third-order valence-electron chi connectivity index (χ3n) is 2.73. The number of methoxy groups -OCH3 is 1. The minimum atomic E-state index is 0.859. The molecule has 0 heterocycles. The second kappa shape index (κ2) is 3.81. The largest absolute Gasteiger partial charge is 0.497 e. The predicted molar refractivity (Wildman–Crippen MR) is 64.3 cm³/mol. The molecule has 78 valence electrons. The molecule has 0 fully saturated rings. The van der Waals surface area contributed by atoms with E-state index in [-0.39, 0.29) is 0 Å². The van der Waals surface area contributed by atoms with Gasteiger partial charge < -0.3 is 10.5 Å². The Morgan fingerprint density at radius 3 is 2.60 bits per heavy atom. The molecule has 2 nitrogen and oxygen atoms in total. The number of anilines is 1. The van der Waals surface area contributed by atoms with Crippen LogP contribution in [0.15, 0.2) is 30.3 Å². The fourth-order valence-electron chi connectivity index (χ4n) is 1.90. The first-order valence-electron chi connectivity index (χ1n) is 5.11. The molecule has 0 aromatic heterocycles. The van der Waals surface area contributed by atoms with Gasteiger partial charge in [-0.3, -0.25) is 0 Å². The highest BCUT2D eigenvalue weighted by Crippen LogP contribution is 2.28. The van der Waals surface area contributed by atoms with Crippen LogP contribution in [0.25, 0.3) is 10.8 Å². The lowest BCUT2D eigenvalue weighted by Crippen LogP contribution is -1.94. The summed E-state index contributed by atoms with van der Waals surface area (Å²) in [4.78, 5) is 0. The van der Waals surface area contributed by atoms with Crippen LogP contribution in [0.3, 0.4) is 0 Å². The molecule has 0 radical (unpaired) electrons. The predicted octanol–water partition coefficient (Wildman–Crippen LogP) is 2.99. The van der Waals surface area contributed by atoms with Crippen LogP contribution in [0.2, 0.25) is 0 Å². The number of benzene rings is 2. The van der Waals surface area contributed by atoms with Crippen LogP contribution >= 0.6 is 0 Å². The molecule has 2 aromatic carbocycles. The normalized spacial score (nSPS) is 10.5. The van der Waals surface area contributed by atoms with Crippen LogP contribution in [0, 0.1) is 0 Å². The van der Waals surface area contributed by atoms with E-state index < -0.39 is 0 Å². The number of nitrogens with two attached hydrogens (primary N) is 1. The highest BCUT2D eigenvalue weighted by Gasteiger charge is 2.04. The van der Waals surface area contributed by atoms with Crippen LogP contribution < -0.4 is 10.5 Å². The first-order valence-corrected chi connectivity index (χ1v) is 5.11. The molecular formula is C13H15NO. The number of hydrogen-bond acceptors (Lipinski definition) is 2. The second-order valence-corrected chi connectivity index (χ2v) is 3.57. The average molecular weight is 201 g/mol. The highest BCUT2D eigenvalue weighted by molar-refractivity contribution is 5.90. The van der Waals surface area contributed by atoms with E-state index in [1.807, 2.05) is 24.3 Å². The molecule has 0 atom stereocenters. The molecule has 2 rings (SSSR count). The van der Waals surface area contributed by atoms with Crippen molar-refractivity contribution in [3.8, 4) is 5.75 Å². The van der Waals surface area contributed by atoms with Crippen molar-refractivity contribution in [3.05, 3.63) is 35.9 Å². The van der Waals surface area contributed by atoms with Gasteiger partial charge >= 0.3 is 0 Å². The van der Waals surface area contributed by atoms with Gasteiger partial charge in [0.1, 0.15) is 5.75 Å². The summed E-state index contributed by atoms with van der Waals surface area (Å²) in [6, 6.07) is 10.1. The summed E-state index contributed by atoms with van der Waals surface area (Å²) in [5, 5.41) is 2.40. The molecule has 0 bridgehead atoms. The van der Waals surface area contributed by atoms with Crippen LogP contribution in [0.5, 0.6) is 5.75 Å². The van der Waals surface area contributed by atoms with Gasteiger partial charge in [0.15, 0.2) is 0 Å². The van der Waals surface area contributed by atoms with Gasteiger partial charge in [-0.25, -0.2) is 0 Å². The lowest BCUT2D eigenvalue weighted by Gasteiger charge is -2.09. The van der Waals surface area contributed by atoms with Crippen molar-refractivity contribution >= 4 is 16.5 Å². The van der Waals surface area contributed by atoms with Crippen LogP contribution in [0.1, 0.15) is 12.5 Å². The average Bonchev–Trinajstić information content (AvgIpc) is 2.28. The quantitative estimate of drug-likeness (QED) is 0.758. The van der Waals surface area contributed by atoms with E-state index in [9.17, 15) is 0 Å². The summed E-state index contributed by atoms with van der Waals surface area (Å²) in [6.07, 6.45) is 0.941. The highest BCUT2D eigenvalue weighted by atomic mass is 16.5. The monoisotopic (exact) mass is 201 g/mol. The summed E-state index contributed by atoms with van der Waals surface area (Å²) in [6.45, 7) is 2.12. The molecule has 15 heavy (non-hydrogen) atoms. The molecule has 0 saturated carbocycles. The molecule has 0 amide bonds. The second-order valence-electron chi connectivity index (χ2n) is 3.57. The van der Waals surface area contributed by atoms with Gasteiger partial charge in [-0.15, -0.1) is 0 Å². The fraction of sp³-hybridized carbons (Fsp3) is 0.231. The molecule has 2 aromatic rings. The third kappa shape index (κ3) is 1.63. The van der Waals surface area contributed by atoms with E-state index in [1.165, 1.54) is 16.3 Å². The minimum Gasteiger partial charge on any atom is -0.497 e. The fourth-order valence-corrected chi connectivity index (χ4v) is 1.90. The number of aryl methyl sites for hydroxylation is 1. The Kier molecular flexibility index (Phi) is 2.50. The first kappa shape index (κ1) is 9.84. The zero-order valence-corrected chi connectivity index (χ0v) is 9.08. The molecule has 0 unspecified atom stereocenters. The number of rotatable bonds is 2. The number of hydrogen-bond donors (Lipinski definition) is 1. The van der Waals surface area contributed by atoms with Crippen molar-refractivity contribution in [2.75, 3.05) is 12.8 Å². The van der Waals surface area contributed by atoms with Crippen molar-refractivity contribution in [2.24, 2.45) is 0 Å². The molecule has 0 saturated heterocycles. The Morgan fingerprint density at radius 1 is 1.20 bits per heavy atom. The van der Waals surface area contributed by atoms with E-state index in [0.29, 0.717) is 0 Å². The zero-order valence-electron chi connectivity index (χ0n) is 9.08. The van der Waals surface area contributed by atoms with Gasteiger partial charge in [-0.2, -0.15) is 0 Å². The number of fused-ring (bicyclic) bond motifs is 1. The Bertz CT molecular complexity index is 491. The molecule has 0 aliphatic rings. The topological polar surface area (TPSA) is 35.2 Å². The standard InChI is InChI=1S/C13H15NO/c1-3-11-12-8-10(15-2)6-4-9(12)5-7-13(11)14/h4-8H,3,14H2,1-2H3. The van der Waals surface area contributed by atoms with Gasteiger partial charge in [-0.1, -0.05) is 19.1 Å². The minimum absolute atomic E-state index is 0.859. The van der Waals surface area contributed by atoms with Crippen molar-refractivity contribution in [1.29, 1.82) is 0 Å². The molecule has 0 spiro atoms. The molecule has 2 heteroatoms. The van der Waals surface area contributed by atoms with E-state index in [0.717, 1.165) is 17.9 Å². The van der Waals surface area contributed by atoms with E-state index >= 15 is 0 Å². The van der Waals surface area contributed by atoms with Crippen molar-refractivity contribution in [1.82, 2.24) is 0 Å². The summed E-state index contributed by atoms with van der Waals surface area (Å²) in [5.41, 5.74) is 8.01. The molecule has 0 aliphatic heterocycles. The smallest absolute Gasteiger partial charge is 0.119 e. The van der Waals surface area contributed by atoms with Crippen LogP contribution in [-0.2, 0) is 6.42 Å². The van der Waals surface area contributed by atoms with Crippen molar-refractivity contribution in [3.63, 3.8) is 0 Å². The van der Waals surface area contributed by atoms with Gasteiger partial charge in [-0.05, 0) is 41.0 Å². The van der Waals surface area contributed by atoms with Gasteiger partial charge in [0.2, 0.25) is 0 Å². The maximum absolute atomic E-state index is 5.95. The number of ether oxygens (including phenoxy) is 1. The zero-order chi connectivity index (χ0) is 10.8. The maximum atomic E-state index is 5.95. The Hall–Kier alpha value is -1.70. The van der Waals surface area contributed by atoms with E-state index in [2.05, 4.69) is 13.0 Å². The molecule has 2 N–H and O–H groups in total. The summed E-state index contributed by atoms with van der Waals surface area (Å²) in [7, 11) is 1.68. The van der Waals surface area contributed by atoms with Crippen LogP contribution in [0.4, 0.5) is 5.69 Å². The summed E-state index contributed by atoms with van der Waals surface area (Å²) < 4.78 is 5.22. The lowest BCUT2D eigenvalue weighted by atomic mass is 10.0. The Balaban J connectivity index is 2.76. The van der Waals surface area contributed by atoms with E-state index in [1.54, 1.807) is 7.11 Å².